The van der Waals surface area contributed by atoms with E-state index in [1.165, 1.54) is 47.2 Å². The number of rotatable bonds is 11. The molecule has 0 saturated carbocycles. The molecule has 2 atom stereocenters. The smallest absolute Gasteiger partial charge is 0.330 e. The van der Waals surface area contributed by atoms with E-state index in [1.54, 1.807) is 36.4 Å². The van der Waals surface area contributed by atoms with Gasteiger partial charge < -0.3 is 35.7 Å². The minimum absolute atomic E-state index is 0.0206. The molecule has 7 N–H and O–H groups in total. The van der Waals surface area contributed by atoms with Crippen molar-refractivity contribution in [3.05, 3.63) is 143 Å². The standard InChI is InChI=1S/C43H37N5O10/c44-19-24-4-6-25(7-5-24)40(53)46-20-34-35(52)14-13-32-38(31-12-10-29(51)18-36(31)58-39(32)34)33-17-26(8-9-28(33)22-49)41(54)45-16-2-1-3-27-21-48(43(56)47-42(27)55)37-15-11-30(23-50)57-37/h4-10,12-14,17-18,21-22,30,37,50-51H,3,11,15-16,19-20,23,44H2,(H,45,54)(H,46,53)(H,47,55,56)/t30-,37+/m0/s1. The van der Waals surface area contributed by atoms with Crippen LogP contribution >= 0.6 is 0 Å². The summed E-state index contributed by atoms with van der Waals surface area (Å²) in [6, 6.07) is 18.5. The van der Waals surface area contributed by atoms with E-state index in [0.717, 1.165) is 5.56 Å². The van der Waals surface area contributed by atoms with Gasteiger partial charge in [0.2, 0.25) is 0 Å². The van der Waals surface area contributed by atoms with Crippen molar-refractivity contribution in [2.24, 2.45) is 5.73 Å². The molecule has 294 valence electrons. The van der Waals surface area contributed by atoms with Crippen LogP contribution in [0.2, 0.25) is 0 Å². The molecule has 58 heavy (non-hydrogen) atoms. The Hall–Kier alpha value is -7.12. The molecule has 2 amide bonds. The Balaban J connectivity index is 1.15. The van der Waals surface area contributed by atoms with E-state index in [0.29, 0.717) is 53.3 Å². The zero-order chi connectivity index (χ0) is 40.9. The first-order valence-electron chi connectivity index (χ1n) is 18.3. The Morgan fingerprint density at radius 3 is 2.45 bits per heavy atom. The number of nitrogens with one attached hydrogen (secondary N) is 3. The minimum atomic E-state index is -0.633. The second kappa shape index (κ2) is 16.9. The van der Waals surface area contributed by atoms with Crippen molar-refractivity contribution >= 4 is 29.1 Å². The molecule has 0 bridgehead atoms. The number of hydrogen-bond donors (Lipinski definition) is 6. The average Bonchev–Trinajstić information content (AvgIpc) is 3.72. The number of aromatic hydroxyl groups is 1. The number of aromatic nitrogens is 2. The molecule has 0 radical (unpaired) electrons. The zero-order valence-electron chi connectivity index (χ0n) is 30.9. The van der Waals surface area contributed by atoms with Crippen molar-refractivity contribution < 1.29 is 33.8 Å². The average molecular weight is 784 g/mol. The maximum atomic E-state index is 13.4. The number of H-pyrrole nitrogens is 1. The molecule has 15 heteroatoms. The first-order valence-corrected chi connectivity index (χ1v) is 18.3. The molecule has 1 fully saturated rings. The number of aliphatic hydroxyl groups is 1. The van der Waals surface area contributed by atoms with Gasteiger partial charge in [-0.3, -0.25) is 33.5 Å². The number of benzene rings is 4. The molecule has 15 nitrogen and oxygen atoms in total. The largest absolute Gasteiger partial charge is 0.508 e. The summed E-state index contributed by atoms with van der Waals surface area (Å²) in [5, 5.41) is 25.7. The van der Waals surface area contributed by atoms with Gasteiger partial charge in [0.1, 0.15) is 23.3 Å². The fourth-order valence-electron chi connectivity index (χ4n) is 6.86. The quantitative estimate of drug-likeness (QED) is 0.0635. The number of aromatic amines is 1. The summed E-state index contributed by atoms with van der Waals surface area (Å²) in [5.41, 5.74) is 7.35. The lowest BCUT2D eigenvalue weighted by Crippen LogP contribution is -2.34. The number of fused-ring (bicyclic) bond motifs is 2. The maximum absolute atomic E-state index is 13.4. The lowest BCUT2D eigenvalue weighted by molar-refractivity contribution is -0.0247. The van der Waals surface area contributed by atoms with Crippen LogP contribution in [0.1, 0.15) is 66.8 Å². The maximum Gasteiger partial charge on any atom is 0.330 e. The molecule has 3 aromatic carbocycles. The SMILES string of the molecule is NCc1ccc(C(=O)NCc2c3oc4cc(O)ccc4c(-c4cc(C(=O)NCC#CCc5cn([C@H]6CC[C@@H](CO)O6)c(=O)[nH]c5=O)ccc4C=O)c-3ccc2=O)cc1. The second-order valence-electron chi connectivity index (χ2n) is 13.6. The molecule has 2 aliphatic heterocycles. The van der Waals surface area contributed by atoms with Crippen LogP contribution in [0.15, 0.2) is 97.8 Å². The van der Waals surface area contributed by atoms with E-state index in [9.17, 15) is 39.0 Å². The van der Waals surface area contributed by atoms with Gasteiger partial charge in [0, 0.05) is 64.0 Å². The molecular weight excluding hydrogens is 746 g/mol. The van der Waals surface area contributed by atoms with Crippen LogP contribution < -0.4 is 33.0 Å². The zero-order valence-corrected chi connectivity index (χ0v) is 30.9. The van der Waals surface area contributed by atoms with Gasteiger partial charge >= 0.3 is 5.69 Å². The van der Waals surface area contributed by atoms with Gasteiger partial charge in [-0.15, -0.1) is 0 Å². The van der Waals surface area contributed by atoms with Crippen molar-refractivity contribution in [1.82, 2.24) is 20.2 Å². The third-order valence-corrected chi connectivity index (χ3v) is 9.90. The highest BCUT2D eigenvalue weighted by atomic mass is 16.5. The highest BCUT2D eigenvalue weighted by Gasteiger charge is 2.28. The predicted octanol–water partition coefficient (Wildman–Crippen LogP) is 2.97. The number of phenols is 1. The minimum Gasteiger partial charge on any atom is -0.508 e. The monoisotopic (exact) mass is 783 g/mol. The first-order chi connectivity index (χ1) is 28.1. The number of aliphatic hydroxyl groups excluding tert-OH is 1. The van der Waals surface area contributed by atoms with E-state index in [2.05, 4.69) is 27.5 Å². The lowest BCUT2D eigenvalue weighted by atomic mass is 9.88. The van der Waals surface area contributed by atoms with Crippen molar-refractivity contribution in [2.45, 2.75) is 44.7 Å². The number of carbonyl (C=O) groups is 3. The third kappa shape index (κ3) is 8.06. The normalized spacial score (nSPS) is 14.9. The number of nitrogens with two attached hydrogens (primary N) is 1. The van der Waals surface area contributed by atoms with Crippen LogP contribution in [0, 0.1) is 11.8 Å². The van der Waals surface area contributed by atoms with Gasteiger partial charge in [-0.25, -0.2) is 4.79 Å². The number of nitrogens with zero attached hydrogens (tertiary/aromatic N) is 1. The highest BCUT2D eigenvalue weighted by molar-refractivity contribution is 6.07. The summed E-state index contributed by atoms with van der Waals surface area (Å²) >= 11 is 0. The van der Waals surface area contributed by atoms with Crippen LogP contribution in [0.3, 0.4) is 0 Å². The van der Waals surface area contributed by atoms with Gasteiger partial charge in [-0.2, -0.15) is 0 Å². The summed E-state index contributed by atoms with van der Waals surface area (Å²) in [6.45, 7) is -0.165. The van der Waals surface area contributed by atoms with Crippen LogP contribution in [0.4, 0.5) is 0 Å². The van der Waals surface area contributed by atoms with Crippen LogP contribution in [0.25, 0.3) is 33.4 Å². The summed E-state index contributed by atoms with van der Waals surface area (Å²) in [4.78, 5) is 79.4. The lowest BCUT2D eigenvalue weighted by Gasteiger charge is -2.19. The van der Waals surface area contributed by atoms with Gasteiger partial charge in [-0.05, 0) is 72.5 Å². The number of hydrogen-bond acceptors (Lipinski definition) is 11. The molecular formula is C43H37N5O10. The molecule has 1 aromatic heterocycles. The van der Waals surface area contributed by atoms with Crippen molar-refractivity contribution in [2.75, 3.05) is 13.2 Å². The summed E-state index contributed by atoms with van der Waals surface area (Å²) in [6.07, 6.45) is 2.05. The topological polar surface area (TPSA) is 236 Å². The second-order valence-corrected chi connectivity index (χ2v) is 13.6. The summed E-state index contributed by atoms with van der Waals surface area (Å²) in [5.74, 6) is 4.68. The number of phenolic OH excluding ortho intramolecular Hbond substituents is 1. The van der Waals surface area contributed by atoms with Crippen molar-refractivity contribution in [1.29, 1.82) is 0 Å². The van der Waals surface area contributed by atoms with Gasteiger partial charge in [0.15, 0.2) is 11.7 Å². The third-order valence-electron chi connectivity index (χ3n) is 9.90. The Morgan fingerprint density at radius 1 is 0.931 bits per heavy atom. The van der Waals surface area contributed by atoms with Crippen LogP contribution in [0.5, 0.6) is 5.75 Å². The first kappa shape index (κ1) is 39.1. The summed E-state index contributed by atoms with van der Waals surface area (Å²) in [7, 11) is 0. The Labute approximate surface area is 329 Å². The highest BCUT2D eigenvalue weighted by Crippen LogP contribution is 2.43. The number of ether oxygens (including phenoxy) is 1. The van der Waals surface area contributed by atoms with E-state index >= 15 is 0 Å². The fraction of sp³-hybridized carbons (Fsp3) is 0.209. The molecule has 0 spiro atoms. The molecule has 3 aliphatic rings. The Bertz CT molecular complexity index is 2780. The molecule has 4 aromatic rings. The van der Waals surface area contributed by atoms with Gasteiger partial charge in [0.05, 0.1) is 31.4 Å². The van der Waals surface area contributed by atoms with E-state index in [-0.39, 0.29) is 65.5 Å². The van der Waals surface area contributed by atoms with Gasteiger partial charge in [0.25, 0.3) is 17.4 Å². The van der Waals surface area contributed by atoms with E-state index in [1.807, 2.05) is 0 Å². The van der Waals surface area contributed by atoms with E-state index < -0.39 is 40.8 Å². The Morgan fingerprint density at radius 2 is 1.71 bits per heavy atom. The Kier molecular flexibility index (Phi) is 11.4. The predicted molar refractivity (Wildman–Crippen MR) is 212 cm³/mol. The molecule has 1 aliphatic carbocycles. The molecule has 3 heterocycles. The van der Waals surface area contributed by atoms with Crippen LogP contribution in [-0.2, 0) is 24.2 Å². The number of carbonyl (C=O) groups excluding carboxylic acids is 3. The summed E-state index contributed by atoms with van der Waals surface area (Å²) < 4.78 is 13.2. The molecule has 1 saturated heterocycles. The number of amides is 2. The van der Waals surface area contributed by atoms with E-state index in [4.69, 9.17) is 14.9 Å². The molecule has 7 rings (SSSR count). The number of aldehydes is 1. The van der Waals surface area contributed by atoms with Gasteiger partial charge in [-0.1, -0.05) is 30.0 Å². The van der Waals surface area contributed by atoms with Crippen LogP contribution in [-0.4, -0.2) is 57.1 Å². The van der Waals surface area contributed by atoms with Crippen molar-refractivity contribution in [3.8, 4) is 40.0 Å². The molecule has 0 unspecified atom stereocenters. The fourth-order valence-corrected chi connectivity index (χ4v) is 6.86. The van der Waals surface area contributed by atoms with Crippen molar-refractivity contribution in [3.63, 3.8) is 0 Å².